The zero-order valence-electron chi connectivity index (χ0n) is 8.00. The number of rotatable bonds is 1. The van der Waals surface area contributed by atoms with E-state index in [4.69, 9.17) is 4.74 Å². The van der Waals surface area contributed by atoms with Crippen molar-refractivity contribution in [3.05, 3.63) is 34.9 Å². The smallest absolute Gasteiger partial charge is 0.216 e. The molecule has 0 N–H and O–H groups in total. The van der Waals surface area contributed by atoms with Gasteiger partial charge in [-0.15, -0.1) is 0 Å². The summed E-state index contributed by atoms with van der Waals surface area (Å²) in [6.45, 7) is 5.70. The predicted octanol–water partition coefficient (Wildman–Crippen LogP) is 2.08. The molecule has 1 aromatic carbocycles. The lowest BCUT2D eigenvalue weighted by molar-refractivity contribution is 0.348. The van der Waals surface area contributed by atoms with Crippen molar-refractivity contribution in [3.8, 4) is 0 Å². The van der Waals surface area contributed by atoms with E-state index in [1.807, 2.05) is 0 Å². The van der Waals surface area contributed by atoms with Gasteiger partial charge < -0.3 is 4.74 Å². The van der Waals surface area contributed by atoms with Crippen molar-refractivity contribution in [1.29, 1.82) is 0 Å². The number of ether oxygens (including phenoxy) is 1. The second-order valence-corrected chi connectivity index (χ2v) is 3.35. The molecule has 1 heterocycles. The summed E-state index contributed by atoms with van der Waals surface area (Å²) in [5, 5.41) is 0. The number of hydrogen-bond acceptors (Lipinski definition) is 2. The largest absolute Gasteiger partial charge is 0.476 e. The van der Waals surface area contributed by atoms with Crippen LogP contribution in [0, 0.1) is 13.8 Å². The first kappa shape index (κ1) is 8.30. The molecular formula is C11H13NO. The van der Waals surface area contributed by atoms with Crippen molar-refractivity contribution >= 4 is 5.90 Å². The summed E-state index contributed by atoms with van der Waals surface area (Å²) < 4.78 is 5.41. The van der Waals surface area contributed by atoms with Crippen LogP contribution in [0.1, 0.15) is 16.7 Å². The van der Waals surface area contributed by atoms with Gasteiger partial charge in [-0.25, -0.2) is 4.99 Å². The van der Waals surface area contributed by atoms with E-state index in [0.717, 1.165) is 24.6 Å². The van der Waals surface area contributed by atoms with Crippen molar-refractivity contribution in [2.75, 3.05) is 13.2 Å². The fourth-order valence-electron chi connectivity index (χ4n) is 1.55. The van der Waals surface area contributed by atoms with Crippen LogP contribution in [0.2, 0.25) is 0 Å². The molecule has 2 rings (SSSR count). The van der Waals surface area contributed by atoms with Gasteiger partial charge >= 0.3 is 0 Å². The van der Waals surface area contributed by atoms with Gasteiger partial charge in [0.15, 0.2) is 0 Å². The molecule has 0 atom stereocenters. The molecule has 0 saturated carbocycles. The monoisotopic (exact) mass is 175 g/mol. The summed E-state index contributed by atoms with van der Waals surface area (Å²) in [4.78, 5) is 4.29. The fourth-order valence-corrected chi connectivity index (χ4v) is 1.55. The molecule has 0 amide bonds. The van der Waals surface area contributed by atoms with E-state index in [1.165, 1.54) is 11.1 Å². The lowest BCUT2D eigenvalue weighted by Gasteiger charge is -2.05. The Morgan fingerprint density at radius 3 is 2.77 bits per heavy atom. The minimum Gasteiger partial charge on any atom is -0.476 e. The SMILES string of the molecule is Cc1ccc(C2=NCCO2)c(C)c1. The van der Waals surface area contributed by atoms with Crippen LogP contribution < -0.4 is 0 Å². The normalized spacial score (nSPS) is 15.4. The molecular weight excluding hydrogens is 162 g/mol. The van der Waals surface area contributed by atoms with Crippen LogP contribution in [0.15, 0.2) is 23.2 Å². The fraction of sp³-hybridized carbons (Fsp3) is 0.364. The van der Waals surface area contributed by atoms with Gasteiger partial charge in [-0.1, -0.05) is 17.7 Å². The van der Waals surface area contributed by atoms with Crippen LogP contribution in [-0.2, 0) is 4.74 Å². The maximum atomic E-state index is 5.41. The maximum Gasteiger partial charge on any atom is 0.216 e. The van der Waals surface area contributed by atoms with Gasteiger partial charge in [0, 0.05) is 5.56 Å². The van der Waals surface area contributed by atoms with Crippen LogP contribution in [0.5, 0.6) is 0 Å². The topological polar surface area (TPSA) is 21.6 Å². The molecule has 2 heteroatoms. The molecule has 0 unspecified atom stereocenters. The van der Waals surface area contributed by atoms with Crippen molar-refractivity contribution in [2.24, 2.45) is 4.99 Å². The maximum absolute atomic E-state index is 5.41. The highest BCUT2D eigenvalue weighted by atomic mass is 16.5. The molecule has 68 valence electrons. The van der Waals surface area contributed by atoms with Crippen molar-refractivity contribution in [2.45, 2.75) is 13.8 Å². The highest BCUT2D eigenvalue weighted by Crippen LogP contribution is 2.14. The van der Waals surface area contributed by atoms with Gasteiger partial charge in [-0.2, -0.15) is 0 Å². The van der Waals surface area contributed by atoms with Gasteiger partial charge in [0.05, 0.1) is 6.54 Å². The molecule has 0 saturated heterocycles. The Morgan fingerprint density at radius 1 is 1.31 bits per heavy atom. The average molecular weight is 175 g/mol. The Kier molecular flexibility index (Phi) is 2.05. The highest BCUT2D eigenvalue weighted by molar-refractivity contribution is 5.96. The molecule has 0 fully saturated rings. The molecule has 0 aliphatic carbocycles. The van der Waals surface area contributed by atoms with Gasteiger partial charge in [0.2, 0.25) is 5.90 Å². The summed E-state index contributed by atoms with van der Waals surface area (Å²) in [5.74, 6) is 0.803. The van der Waals surface area contributed by atoms with Crippen LogP contribution in [-0.4, -0.2) is 19.0 Å². The van der Waals surface area contributed by atoms with E-state index < -0.39 is 0 Å². The van der Waals surface area contributed by atoms with E-state index in [9.17, 15) is 0 Å². The average Bonchev–Trinajstić information content (AvgIpc) is 2.56. The lowest BCUT2D eigenvalue weighted by atomic mass is 10.1. The molecule has 2 nitrogen and oxygen atoms in total. The van der Waals surface area contributed by atoms with Gasteiger partial charge in [-0.05, 0) is 25.5 Å². The van der Waals surface area contributed by atoms with E-state index in [0.29, 0.717) is 0 Å². The standard InChI is InChI=1S/C11H13NO/c1-8-3-4-10(9(2)7-8)11-12-5-6-13-11/h3-4,7H,5-6H2,1-2H3. The zero-order valence-corrected chi connectivity index (χ0v) is 8.00. The molecule has 0 bridgehead atoms. The van der Waals surface area contributed by atoms with E-state index in [2.05, 4.69) is 37.0 Å². The second-order valence-electron chi connectivity index (χ2n) is 3.35. The molecule has 1 aliphatic rings. The Balaban J connectivity index is 2.40. The summed E-state index contributed by atoms with van der Waals surface area (Å²) in [6.07, 6.45) is 0. The summed E-state index contributed by atoms with van der Waals surface area (Å²) in [7, 11) is 0. The molecule has 0 spiro atoms. The van der Waals surface area contributed by atoms with E-state index >= 15 is 0 Å². The highest BCUT2D eigenvalue weighted by Gasteiger charge is 2.11. The minimum absolute atomic E-state index is 0.725. The van der Waals surface area contributed by atoms with Gasteiger partial charge in [0.1, 0.15) is 6.61 Å². The molecule has 1 aromatic rings. The quantitative estimate of drug-likeness (QED) is 0.640. The third-order valence-corrected chi connectivity index (χ3v) is 2.20. The first-order valence-electron chi connectivity index (χ1n) is 4.52. The number of hydrogen-bond donors (Lipinski definition) is 0. The number of nitrogens with zero attached hydrogens (tertiary/aromatic N) is 1. The van der Waals surface area contributed by atoms with Crippen molar-refractivity contribution < 1.29 is 4.74 Å². The first-order valence-corrected chi connectivity index (χ1v) is 4.52. The van der Waals surface area contributed by atoms with Crippen molar-refractivity contribution in [1.82, 2.24) is 0 Å². The van der Waals surface area contributed by atoms with E-state index in [1.54, 1.807) is 0 Å². The van der Waals surface area contributed by atoms with Crippen LogP contribution >= 0.6 is 0 Å². The molecule has 13 heavy (non-hydrogen) atoms. The zero-order chi connectivity index (χ0) is 9.26. The third-order valence-electron chi connectivity index (χ3n) is 2.20. The van der Waals surface area contributed by atoms with Gasteiger partial charge in [0.25, 0.3) is 0 Å². The number of benzene rings is 1. The summed E-state index contributed by atoms with van der Waals surface area (Å²) >= 11 is 0. The van der Waals surface area contributed by atoms with Crippen LogP contribution in [0.3, 0.4) is 0 Å². The summed E-state index contributed by atoms with van der Waals surface area (Å²) in [5.41, 5.74) is 3.64. The Bertz CT molecular complexity index is 355. The number of aryl methyl sites for hydroxylation is 2. The Hall–Kier alpha value is -1.31. The molecule has 0 radical (unpaired) electrons. The predicted molar refractivity (Wildman–Crippen MR) is 53.3 cm³/mol. The third kappa shape index (κ3) is 1.57. The van der Waals surface area contributed by atoms with Crippen LogP contribution in [0.4, 0.5) is 0 Å². The molecule has 1 aliphatic heterocycles. The number of aliphatic imine (C=N–C) groups is 1. The van der Waals surface area contributed by atoms with E-state index in [-0.39, 0.29) is 0 Å². The van der Waals surface area contributed by atoms with Crippen molar-refractivity contribution in [3.63, 3.8) is 0 Å². The Labute approximate surface area is 78.3 Å². The summed E-state index contributed by atoms with van der Waals surface area (Å²) in [6, 6.07) is 6.32. The second kappa shape index (κ2) is 3.21. The molecule has 0 aromatic heterocycles. The lowest BCUT2D eigenvalue weighted by Crippen LogP contribution is -2.03. The van der Waals surface area contributed by atoms with Gasteiger partial charge in [-0.3, -0.25) is 0 Å². The van der Waals surface area contributed by atoms with Crippen LogP contribution in [0.25, 0.3) is 0 Å². The first-order chi connectivity index (χ1) is 6.27. The minimum atomic E-state index is 0.725. The Morgan fingerprint density at radius 2 is 2.15 bits per heavy atom.